The highest BCUT2D eigenvalue weighted by molar-refractivity contribution is 5.77. The molecule has 0 fully saturated rings. The number of hydrogen-bond donors (Lipinski definition) is 0. The van der Waals surface area contributed by atoms with Gasteiger partial charge in [0.25, 0.3) is 5.82 Å². The van der Waals surface area contributed by atoms with Crippen molar-refractivity contribution in [1.82, 2.24) is 24.6 Å². The fourth-order valence-electron chi connectivity index (χ4n) is 3.01. The second-order valence-corrected chi connectivity index (χ2v) is 5.97. The van der Waals surface area contributed by atoms with Crippen molar-refractivity contribution < 1.29 is 9.18 Å². The Morgan fingerprint density at radius 3 is 2.88 bits per heavy atom. The van der Waals surface area contributed by atoms with Gasteiger partial charge in [-0.15, -0.1) is 5.10 Å². The first kappa shape index (κ1) is 15.9. The first-order valence-electron chi connectivity index (χ1n) is 7.93. The van der Waals surface area contributed by atoms with Crippen molar-refractivity contribution in [2.75, 3.05) is 0 Å². The van der Waals surface area contributed by atoms with Crippen LogP contribution < -0.4 is 0 Å². The standard InChI is InChI=1S/C18H13FN6O/c19-16-7-21-4-3-15(16)12-1-2-13-8-24(9-14(13)5-12)18(26)10-25-11-22-17(6-20)23-25/h1-5,7,11H,8-10H2. The lowest BCUT2D eigenvalue weighted by molar-refractivity contribution is -0.132. The van der Waals surface area contributed by atoms with Crippen LogP contribution in [-0.2, 0) is 24.4 Å². The van der Waals surface area contributed by atoms with E-state index in [-0.39, 0.29) is 24.1 Å². The van der Waals surface area contributed by atoms with Crippen LogP contribution in [0.25, 0.3) is 11.1 Å². The van der Waals surface area contributed by atoms with E-state index in [0.717, 1.165) is 16.7 Å². The molecule has 1 amide bonds. The van der Waals surface area contributed by atoms with Crippen LogP contribution in [0, 0.1) is 17.1 Å². The van der Waals surface area contributed by atoms with Crippen LogP contribution in [0.3, 0.4) is 0 Å². The number of benzene rings is 1. The highest BCUT2D eigenvalue weighted by atomic mass is 19.1. The maximum Gasteiger partial charge on any atom is 0.252 e. The highest BCUT2D eigenvalue weighted by Crippen LogP contribution is 2.29. The molecule has 0 saturated carbocycles. The minimum atomic E-state index is -0.377. The molecule has 1 aromatic carbocycles. The van der Waals surface area contributed by atoms with Gasteiger partial charge in [0.05, 0.1) is 6.20 Å². The SMILES string of the molecule is N#Cc1ncn(CC(=O)N2Cc3ccc(-c4ccncc4F)cc3C2)n1. The van der Waals surface area contributed by atoms with Gasteiger partial charge in [-0.2, -0.15) is 5.26 Å². The molecule has 7 nitrogen and oxygen atoms in total. The van der Waals surface area contributed by atoms with Gasteiger partial charge in [0.1, 0.15) is 24.8 Å². The third kappa shape index (κ3) is 2.91. The van der Waals surface area contributed by atoms with Gasteiger partial charge in [0, 0.05) is 24.8 Å². The Morgan fingerprint density at radius 2 is 2.12 bits per heavy atom. The van der Waals surface area contributed by atoms with Crippen molar-refractivity contribution in [3.63, 3.8) is 0 Å². The molecule has 3 aromatic rings. The number of carbonyl (C=O) groups is 1. The molecule has 26 heavy (non-hydrogen) atoms. The van der Waals surface area contributed by atoms with E-state index in [0.29, 0.717) is 18.7 Å². The molecule has 128 valence electrons. The van der Waals surface area contributed by atoms with E-state index in [2.05, 4.69) is 15.1 Å². The van der Waals surface area contributed by atoms with Crippen molar-refractivity contribution in [2.24, 2.45) is 0 Å². The molecule has 0 N–H and O–H groups in total. The molecule has 0 saturated heterocycles. The van der Waals surface area contributed by atoms with E-state index >= 15 is 0 Å². The summed E-state index contributed by atoms with van der Waals surface area (Å²) in [7, 11) is 0. The molecule has 1 aliphatic rings. The highest BCUT2D eigenvalue weighted by Gasteiger charge is 2.24. The lowest BCUT2D eigenvalue weighted by Crippen LogP contribution is -2.29. The number of amides is 1. The topological polar surface area (TPSA) is 87.7 Å². The minimum Gasteiger partial charge on any atom is -0.332 e. The first-order valence-corrected chi connectivity index (χ1v) is 7.93. The number of pyridine rings is 1. The molecule has 0 aliphatic carbocycles. The van der Waals surface area contributed by atoms with Gasteiger partial charge in [0.2, 0.25) is 5.91 Å². The van der Waals surface area contributed by atoms with Gasteiger partial charge in [-0.25, -0.2) is 14.1 Å². The van der Waals surface area contributed by atoms with Crippen LogP contribution in [0.2, 0.25) is 0 Å². The van der Waals surface area contributed by atoms with Gasteiger partial charge in [0.15, 0.2) is 0 Å². The maximum absolute atomic E-state index is 13.9. The van der Waals surface area contributed by atoms with E-state index in [4.69, 9.17) is 5.26 Å². The van der Waals surface area contributed by atoms with Crippen LogP contribution in [0.4, 0.5) is 4.39 Å². The van der Waals surface area contributed by atoms with E-state index in [1.54, 1.807) is 17.2 Å². The van der Waals surface area contributed by atoms with Crippen LogP contribution in [0.1, 0.15) is 17.0 Å². The molecular weight excluding hydrogens is 335 g/mol. The molecule has 8 heteroatoms. The lowest BCUT2D eigenvalue weighted by atomic mass is 10.0. The summed E-state index contributed by atoms with van der Waals surface area (Å²) in [5.41, 5.74) is 3.27. The van der Waals surface area contributed by atoms with Crippen molar-refractivity contribution in [1.29, 1.82) is 5.26 Å². The predicted octanol–water partition coefficient (Wildman–Crippen LogP) is 1.89. The summed E-state index contributed by atoms with van der Waals surface area (Å²) in [5, 5.41) is 12.6. The molecule has 0 bridgehead atoms. The summed E-state index contributed by atoms with van der Waals surface area (Å²) >= 11 is 0. The summed E-state index contributed by atoms with van der Waals surface area (Å²) in [4.78, 5) is 21.7. The Bertz CT molecular complexity index is 1040. The normalized spacial score (nSPS) is 12.7. The predicted molar refractivity (Wildman–Crippen MR) is 88.6 cm³/mol. The Morgan fingerprint density at radius 1 is 1.27 bits per heavy atom. The van der Waals surface area contributed by atoms with E-state index in [1.165, 1.54) is 17.2 Å². The molecule has 4 rings (SSSR count). The number of aromatic nitrogens is 4. The summed E-state index contributed by atoms with van der Waals surface area (Å²) < 4.78 is 15.3. The fraction of sp³-hybridized carbons (Fsp3) is 0.167. The van der Waals surface area contributed by atoms with Crippen molar-refractivity contribution >= 4 is 5.91 Å². The Hall–Kier alpha value is -3.60. The van der Waals surface area contributed by atoms with Gasteiger partial charge in [-0.05, 0) is 28.8 Å². The zero-order chi connectivity index (χ0) is 18.1. The molecule has 0 atom stereocenters. The smallest absolute Gasteiger partial charge is 0.252 e. The number of carbonyl (C=O) groups excluding carboxylic acids is 1. The quantitative estimate of drug-likeness (QED) is 0.721. The van der Waals surface area contributed by atoms with Crippen LogP contribution in [0.15, 0.2) is 43.0 Å². The maximum atomic E-state index is 13.9. The molecule has 0 radical (unpaired) electrons. The zero-order valence-corrected chi connectivity index (χ0v) is 13.6. The number of nitrogens with zero attached hydrogens (tertiary/aromatic N) is 6. The average Bonchev–Trinajstić information content (AvgIpc) is 3.28. The summed E-state index contributed by atoms with van der Waals surface area (Å²) in [6.45, 7) is 0.968. The molecule has 0 spiro atoms. The first-order chi connectivity index (χ1) is 12.6. The molecule has 3 heterocycles. The zero-order valence-electron chi connectivity index (χ0n) is 13.6. The van der Waals surface area contributed by atoms with Crippen molar-refractivity contribution in [3.05, 3.63) is 65.8 Å². The second-order valence-electron chi connectivity index (χ2n) is 5.97. The number of rotatable bonds is 3. The molecular formula is C18H13FN6O. The average molecular weight is 348 g/mol. The van der Waals surface area contributed by atoms with Crippen LogP contribution in [0.5, 0.6) is 0 Å². The van der Waals surface area contributed by atoms with Gasteiger partial charge >= 0.3 is 0 Å². The summed E-state index contributed by atoms with van der Waals surface area (Å²) in [5.74, 6) is -0.461. The monoisotopic (exact) mass is 348 g/mol. The molecule has 0 unspecified atom stereocenters. The van der Waals surface area contributed by atoms with Crippen molar-refractivity contribution in [2.45, 2.75) is 19.6 Å². The van der Waals surface area contributed by atoms with Crippen LogP contribution in [-0.4, -0.2) is 30.6 Å². The van der Waals surface area contributed by atoms with Crippen molar-refractivity contribution in [3.8, 4) is 17.2 Å². The number of hydrogen-bond acceptors (Lipinski definition) is 5. The summed E-state index contributed by atoms with van der Waals surface area (Å²) in [6.07, 6.45) is 4.10. The number of nitriles is 1. The van der Waals surface area contributed by atoms with Gasteiger partial charge in [-0.1, -0.05) is 12.1 Å². The van der Waals surface area contributed by atoms with E-state index < -0.39 is 0 Å². The van der Waals surface area contributed by atoms with Crippen LogP contribution >= 0.6 is 0 Å². The Labute approximate surface area is 148 Å². The number of fused-ring (bicyclic) bond motifs is 1. The minimum absolute atomic E-state index is 0.0223. The Kier molecular flexibility index (Phi) is 3.89. The Balaban J connectivity index is 1.51. The lowest BCUT2D eigenvalue weighted by Gasteiger charge is -2.14. The van der Waals surface area contributed by atoms with Gasteiger partial charge < -0.3 is 4.90 Å². The largest absolute Gasteiger partial charge is 0.332 e. The van der Waals surface area contributed by atoms with E-state index in [1.807, 2.05) is 24.3 Å². The third-order valence-corrected chi connectivity index (χ3v) is 4.30. The summed E-state index contributed by atoms with van der Waals surface area (Å²) in [6, 6.07) is 9.13. The van der Waals surface area contributed by atoms with Gasteiger partial charge in [-0.3, -0.25) is 9.78 Å². The van der Waals surface area contributed by atoms with E-state index in [9.17, 15) is 9.18 Å². The molecule has 2 aromatic heterocycles. The third-order valence-electron chi connectivity index (χ3n) is 4.30. The molecule has 1 aliphatic heterocycles. The second kappa shape index (κ2) is 6.37. The number of halogens is 1. The fourth-order valence-corrected chi connectivity index (χ4v) is 3.01.